The van der Waals surface area contributed by atoms with Crippen molar-refractivity contribution in [1.82, 2.24) is 10.2 Å². The second-order valence-corrected chi connectivity index (χ2v) is 8.00. The molecule has 162 valence electrons. The maximum absolute atomic E-state index is 13.3. The van der Waals surface area contributed by atoms with Crippen LogP contribution in [0.2, 0.25) is 0 Å². The van der Waals surface area contributed by atoms with Gasteiger partial charge in [0, 0.05) is 24.2 Å². The van der Waals surface area contributed by atoms with Gasteiger partial charge in [0.25, 0.3) is 5.91 Å². The average Bonchev–Trinajstić information content (AvgIpc) is 3.22. The van der Waals surface area contributed by atoms with Gasteiger partial charge in [0.05, 0.1) is 11.4 Å². The van der Waals surface area contributed by atoms with E-state index in [1.807, 2.05) is 0 Å². The Morgan fingerprint density at radius 1 is 1.00 bits per heavy atom. The number of hydrogen-bond acceptors (Lipinski definition) is 5. The van der Waals surface area contributed by atoms with Crippen molar-refractivity contribution in [2.45, 2.75) is 31.2 Å². The topological polar surface area (TPSA) is 117 Å². The third kappa shape index (κ3) is 4.25. The molecule has 5 N–H and O–H groups in total. The lowest BCUT2D eigenvalue weighted by Gasteiger charge is -2.43. The number of hydrogen-bond donors (Lipinski definition) is 4. The van der Waals surface area contributed by atoms with E-state index in [1.54, 1.807) is 53.4 Å². The molecular weight excluding hydrogens is 394 g/mol. The van der Waals surface area contributed by atoms with Gasteiger partial charge >= 0.3 is 0 Å². The van der Waals surface area contributed by atoms with E-state index in [9.17, 15) is 14.4 Å². The van der Waals surface area contributed by atoms with Gasteiger partial charge in [0.2, 0.25) is 11.8 Å². The van der Waals surface area contributed by atoms with Gasteiger partial charge in [0.1, 0.15) is 5.54 Å². The molecule has 0 atom stereocenters. The number of nitrogens with two attached hydrogens (primary N) is 1. The third-order valence-electron chi connectivity index (χ3n) is 6.06. The summed E-state index contributed by atoms with van der Waals surface area (Å²) < 4.78 is 0. The van der Waals surface area contributed by atoms with Gasteiger partial charge in [-0.05, 0) is 68.8 Å². The monoisotopic (exact) mass is 421 g/mol. The van der Waals surface area contributed by atoms with Gasteiger partial charge < -0.3 is 26.6 Å². The summed E-state index contributed by atoms with van der Waals surface area (Å²) >= 11 is 0. The van der Waals surface area contributed by atoms with E-state index in [0.29, 0.717) is 61.5 Å². The Bertz CT molecular complexity index is 983. The van der Waals surface area contributed by atoms with Gasteiger partial charge in [-0.2, -0.15) is 0 Å². The van der Waals surface area contributed by atoms with Gasteiger partial charge in [0.15, 0.2) is 0 Å². The molecule has 2 heterocycles. The Morgan fingerprint density at radius 2 is 1.71 bits per heavy atom. The van der Waals surface area contributed by atoms with E-state index >= 15 is 0 Å². The van der Waals surface area contributed by atoms with E-state index < -0.39 is 5.54 Å². The van der Waals surface area contributed by atoms with Gasteiger partial charge in [-0.3, -0.25) is 14.4 Å². The van der Waals surface area contributed by atoms with Gasteiger partial charge in [-0.25, -0.2) is 0 Å². The van der Waals surface area contributed by atoms with Crippen LogP contribution in [0.15, 0.2) is 48.5 Å². The summed E-state index contributed by atoms with van der Waals surface area (Å²) in [5, 5.41) is 9.02. The molecule has 0 radical (unpaired) electrons. The molecule has 4 rings (SSSR count). The maximum atomic E-state index is 13.3. The number of carbonyl (C=O) groups is 3. The lowest BCUT2D eigenvalue weighted by molar-refractivity contribution is -0.143. The lowest BCUT2D eigenvalue weighted by atomic mass is 9.85. The van der Waals surface area contributed by atoms with Gasteiger partial charge in [-0.15, -0.1) is 0 Å². The highest BCUT2D eigenvalue weighted by molar-refractivity contribution is 6.06. The largest absolute Gasteiger partial charge is 0.397 e. The van der Waals surface area contributed by atoms with Crippen LogP contribution in [0.25, 0.3) is 0 Å². The number of nitrogens with zero attached hydrogens (tertiary/aromatic N) is 1. The number of piperidine rings is 1. The molecule has 8 nitrogen and oxygen atoms in total. The Balaban J connectivity index is 1.46. The summed E-state index contributed by atoms with van der Waals surface area (Å²) in [6.07, 6.45) is 2.46. The fraction of sp³-hybridized carbons (Fsp3) is 0.348. The van der Waals surface area contributed by atoms with Crippen molar-refractivity contribution in [3.63, 3.8) is 0 Å². The zero-order chi connectivity index (χ0) is 21.8. The predicted molar refractivity (Wildman–Crippen MR) is 120 cm³/mol. The molecule has 3 amide bonds. The van der Waals surface area contributed by atoms with Crippen molar-refractivity contribution < 1.29 is 14.4 Å². The predicted octanol–water partition coefficient (Wildman–Crippen LogP) is 2.20. The van der Waals surface area contributed by atoms with Crippen LogP contribution in [0, 0.1) is 0 Å². The summed E-state index contributed by atoms with van der Waals surface area (Å²) in [5.74, 6) is -0.406. The molecule has 2 saturated heterocycles. The molecule has 0 unspecified atom stereocenters. The zero-order valence-electron chi connectivity index (χ0n) is 17.3. The summed E-state index contributed by atoms with van der Waals surface area (Å²) in [6.45, 7) is 2.01. The van der Waals surface area contributed by atoms with Crippen molar-refractivity contribution in [3.8, 4) is 0 Å². The molecule has 8 heteroatoms. The van der Waals surface area contributed by atoms with Crippen molar-refractivity contribution >= 4 is 34.8 Å². The quantitative estimate of drug-likeness (QED) is 0.553. The Morgan fingerprint density at radius 3 is 2.35 bits per heavy atom. The highest BCUT2D eigenvalue weighted by Crippen LogP contribution is 2.32. The first-order valence-electron chi connectivity index (χ1n) is 10.6. The number of para-hydroxylation sites is 2. The number of nitrogens with one attached hydrogen (secondary N) is 3. The highest BCUT2D eigenvalue weighted by Gasteiger charge is 2.48. The van der Waals surface area contributed by atoms with Crippen LogP contribution >= 0.6 is 0 Å². The number of likely N-dealkylation sites (tertiary alicyclic amines) is 1. The Hall–Kier alpha value is -3.39. The van der Waals surface area contributed by atoms with E-state index in [1.165, 1.54) is 0 Å². The number of carbonyl (C=O) groups excluding carboxylic acids is 3. The molecule has 0 bridgehead atoms. The van der Waals surface area contributed by atoms with Crippen molar-refractivity contribution in [1.29, 1.82) is 0 Å². The molecule has 2 aromatic rings. The molecule has 2 aromatic carbocycles. The second kappa shape index (κ2) is 8.77. The first-order valence-corrected chi connectivity index (χ1v) is 10.6. The third-order valence-corrected chi connectivity index (χ3v) is 6.06. The van der Waals surface area contributed by atoms with Crippen LogP contribution in [0.4, 0.5) is 17.1 Å². The SMILES string of the molecule is Nc1ccccc1NC(=O)c1ccc(NC(=O)C2(N3CCCC3=O)CCNCC2)cc1. The smallest absolute Gasteiger partial charge is 0.255 e. The normalized spacial score (nSPS) is 17.9. The molecular formula is C23H27N5O3. The van der Waals surface area contributed by atoms with Crippen molar-refractivity contribution in [2.75, 3.05) is 36.0 Å². The summed E-state index contributed by atoms with van der Waals surface area (Å²) in [6, 6.07) is 13.7. The Labute approximate surface area is 181 Å². The molecule has 2 aliphatic rings. The van der Waals surface area contributed by atoms with E-state index in [-0.39, 0.29) is 17.7 Å². The van der Waals surface area contributed by atoms with Crippen molar-refractivity contribution in [3.05, 3.63) is 54.1 Å². The van der Waals surface area contributed by atoms with Gasteiger partial charge in [-0.1, -0.05) is 12.1 Å². The lowest BCUT2D eigenvalue weighted by Crippen LogP contribution is -2.61. The number of benzene rings is 2. The molecule has 0 aliphatic carbocycles. The van der Waals surface area contributed by atoms with Crippen LogP contribution in [-0.4, -0.2) is 47.8 Å². The molecule has 0 spiro atoms. The van der Waals surface area contributed by atoms with Crippen LogP contribution in [-0.2, 0) is 9.59 Å². The van der Waals surface area contributed by atoms with Crippen LogP contribution in [0.3, 0.4) is 0 Å². The first-order chi connectivity index (χ1) is 15.0. The Kier molecular flexibility index (Phi) is 5.90. The maximum Gasteiger partial charge on any atom is 0.255 e. The van der Waals surface area contributed by atoms with E-state index in [0.717, 1.165) is 6.42 Å². The average molecular weight is 422 g/mol. The number of rotatable bonds is 5. The molecule has 31 heavy (non-hydrogen) atoms. The number of anilines is 3. The first kappa shape index (κ1) is 20.9. The number of amides is 3. The highest BCUT2D eigenvalue weighted by atomic mass is 16.2. The molecule has 0 aromatic heterocycles. The van der Waals surface area contributed by atoms with Crippen LogP contribution in [0.5, 0.6) is 0 Å². The minimum atomic E-state index is -0.820. The minimum Gasteiger partial charge on any atom is -0.397 e. The summed E-state index contributed by atoms with van der Waals surface area (Å²) in [4.78, 5) is 40.0. The number of nitrogen functional groups attached to an aromatic ring is 1. The van der Waals surface area contributed by atoms with E-state index in [2.05, 4.69) is 16.0 Å². The van der Waals surface area contributed by atoms with Crippen LogP contribution in [0.1, 0.15) is 36.0 Å². The van der Waals surface area contributed by atoms with Crippen molar-refractivity contribution in [2.24, 2.45) is 0 Å². The standard InChI is InChI=1S/C23H27N5O3/c24-18-4-1-2-5-19(18)27-21(30)16-7-9-17(10-8-16)26-22(31)23(11-13-25-14-12-23)28-15-3-6-20(28)29/h1-2,4-5,7-10,25H,3,6,11-15,24H2,(H,26,31)(H,27,30). The van der Waals surface area contributed by atoms with E-state index in [4.69, 9.17) is 5.73 Å². The summed E-state index contributed by atoms with van der Waals surface area (Å²) in [7, 11) is 0. The molecule has 2 fully saturated rings. The fourth-order valence-corrected chi connectivity index (χ4v) is 4.32. The zero-order valence-corrected chi connectivity index (χ0v) is 17.3. The second-order valence-electron chi connectivity index (χ2n) is 8.00. The van der Waals surface area contributed by atoms with Crippen LogP contribution < -0.4 is 21.7 Å². The summed E-state index contributed by atoms with van der Waals surface area (Å²) in [5.41, 5.74) is 7.13. The molecule has 2 aliphatic heterocycles. The molecule has 0 saturated carbocycles. The fourth-order valence-electron chi connectivity index (χ4n) is 4.32. The minimum absolute atomic E-state index is 0.0456.